The fourth-order valence-electron chi connectivity index (χ4n) is 3.55. The second kappa shape index (κ2) is 7.25. The van der Waals surface area contributed by atoms with E-state index >= 15 is 0 Å². The van der Waals surface area contributed by atoms with Crippen molar-refractivity contribution in [2.24, 2.45) is 11.8 Å². The fourth-order valence-corrected chi connectivity index (χ4v) is 3.55. The van der Waals surface area contributed by atoms with Gasteiger partial charge in [0.05, 0.1) is 5.92 Å². The number of nitrogens with one attached hydrogen (secondary N) is 1. The highest BCUT2D eigenvalue weighted by atomic mass is 16.4. The van der Waals surface area contributed by atoms with E-state index in [-0.39, 0.29) is 5.92 Å². The third kappa shape index (κ3) is 4.18. The molecule has 19 heavy (non-hydrogen) atoms. The van der Waals surface area contributed by atoms with Gasteiger partial charge in [-0.25, -0.2) is 0 Å². The number of carbonyl (C=O) groups is 1. The smallest absolute Gasteiger partial charge is 0.308 e. The van der Waals surface area contributed by atoms with Crippen LogP contribution < -0.4 is 5.32 Å². The second-order valence-electron chi connectivity index (χ2n) is 6.11. The highest BCUT2D eigenvalue weighted by molar-refractivity contribution is 5.70. The van der Waals surface area contributed by atoms with E-state index in [1.54, 1.807) is 0 Å². The van der Waals surface area contributed by atoms with Crippen molar-refractivity contribution in [2.45, 2.75) is 51.5 Å². The van der Waals surface area contributed by atoms with Crippen molar-refractivity contribution in [3.63, 3.8) is 0 Å². The molecule has 1 saturated heterocycles. The maximum atomic E-state index is 11.5. The fraction of sp³-hybridized carbons (Fsp3) is 0.933. The van der Waals surface area contributed by atoms with Crippen LogP contribution in [0.3, 0.4) is 0 Å². The number of aliphatic carboxylic acids is 1. The lowest BCUT2D eigenvalue weighted by Gasteiger charge is -2.34. The van der Waals surface area contributed by atoms with Crippen molar-refractivity contribution in [3.8, 4) is 0 Å². The molecule has 0 aromatic carbocycles. The van der Waals surface area contributed by atoms with E-state index in [4.69, 9.17) is 0 Å². The summed E-state index contributed by atoms with van der Waals surface area (Å²) < 4.78 is 0. The van der Waals surface area contributed by atoms with Crippen molar-refractivity contribution in [1.29, 1.82) is 0 Å². The van der Waals surface area contributed by atoms with Gasteiger partial charge in [-0.3, -0.25) is 4.79 Å². The minimum absolute atomic E-state index is 0.195. The largest absolute Gasteiger partial charge is 0.481 e. The summed E-state index contributed by atoms with van der Waals surface area (Å²) in [5.74, 6) is -0.450. The molecule has 1 atom stereocenters. The van der Waals surface area contributed by atoms with E-state index in [9.17, 15) is 9.90 Å². The summed E-state index contributed by atoms with van der Waals surface area (Å²) in [5.41, 5.74) is 0. The van der Waals surface area contributed by atoms with Crippen molar-refractivity contribution < 1.29 is 9.90 Å². The Morgan fingerprint density at radius 1 is 1.26 bits per heavy atom. The minimum Gasteiger partial charge on any atom is -0.481 e. The molecule has 0 aromatic heterocycles. The number of nitrogens with zero attached hydrogens (tertiary/aromatic N) is 1. The molecule has 4 heteroatoms. The van der Waals surface area contributed by atoms with E-state index in [1.165, 1.54) is 25.7 Å². The van der Waals surface area contributed by atoms with Crippen LogP contribution in [0.25, 0.3) is 0 Å². The normalized spacial score (nSPS) is 24.7. The van der Waals surface area contributed by atoms with Crippen LogP contribution in [0, 0.1) is 11.8 Å². The maximum Gasteiger partial charge on any atom is 0.308 e. The van der Waals surface area contributed by atoms with Gasteiger partial charge < -0.3 is 15.3 Å². The van der Waals surface area contributed by atoms with Crippen LogP contribution >= 0.6 is 0 Å². The molecule has 1 aliphatic heterocycles. The van der Waals surface area contributed by atoms with Crippen LogP contribution in [0.5, 0.6) is 0 Å². The van der Waals surface area contributed by atoms with Gasteiger partial charge in [0.1, 0.15) is 0 Å². The molecule has 0 radical (unpaired) electrons. The number of likely N-dealkylation sites (tertiary alicyclic amines) is 1. The first kappa shape index (κ1) is 14.8. The summed E-state index contributed by atoms with van der Waals surface area (Å²) in [7, 11) is 0. The molecule has 1 saturated carbocycles. The first-order chi connectivity index (χ1) is 9.20. The Morgan fingerprint density at radius 3 is 2.42 bits per heavy atom. The average molecular weight is 268 g/mol. The molecule has 2 fully saturated rings. The number of carboxylic acids is 1. The number of rotatable bonds is 6. The lowest BCUT2D eigenvalue weighted by molar-refractivity contribution is -0.144. The van der Waals surface area contributed by atoms with Crippen LogP contribution in [-0.2, 0) is 4.79 Å². The van der Waals surface area contributed by atoms with Crippen LogP contribution in [0.1, 0.15) is 45.4 Å². The Morgan fingerprint density at radius 2 is 1.89 bits per heavy atom. The highest BCUT2D eigenvalue weighted by Gasteiger charge is 2.31. The minimum atomic E-state index is -0.611. The topological polar surface area (TPSA) is 52.6 Å². The molecular formula is C15H28N2O2. The van der Waals surface area contributed by atoms with E-state index < -0.39 is 5.97 Å². The molecule has 0 aromatic rings. The van der Waals surface area contributed by atoms with Gasteiger partial charge in [0.15, 0.2) is 0 Å². The number of hydrogen-bond donors (Lipinski definition) is 2. The highest BCUT2D eigenvalue weighted by Crippen LogP contribution is 2.26. The van der Waals surface area contributed by atoms with Crippen LogP contribution in [0.2, 0.25) is 0 Å². The molecule has 2 aliphatic rings. The monoisotopic (exact) mass is 268 g/mol. The molecule has 1 unspecified atom stereocenters. The van der Waals surface area contributed by atoms with Crippen LogP contribution in [0.15, 0.2) is 0 Å². The third-order valence-electron chi connectivity index (χ3n) is 4.95. The molecule has 2 N–H and O–H groups in total. The van der Waals surface area contributed by atoms with Gasteiger partial charge in [0, 0.05) is 12.6 Å². The van der Waals surface area contributed by atoms with Gasteiger partial charge in [-0.05, 0) is 51.2 Å². The zero-order valence-corrected chi connectivity index (χ0v) is 12.1. The van der Waals surface area contributed by atoms with Gasteiger partial charge in [-0.15, -0.1) is 0 Å². The SMILES string of the molecule is CCN1CCC(C(CNC2CCCC2)C(=O)O)CC1. The summed E-state index contributed by atoms with van der Waals surface area (Å²) in [4.78, 5) is 13.9. The summed E-state index contributed by atoms with van der Waals surface area (Å²) in [6, 6.07) is 0.567. The van der Waals surface area contributed by atoms with Gasteiger partial charge in [-0.2, -0.15) is 0 Å². The first-order valence-electron chi connectivity index (χ1n) is 7.89. The summed E-state index contributed by atoms with van der Waals surface area (Å²) in [6.45, 7) is 6.06. The first-order valence-corrected chi connectivity index (χ1v) is 7.89. The van der Waals surface area contributed by atoms with Gasteiger partial charge in [0.2, 0.25) is 0 Å². The van der Waals surface area contributed by atoms with Gasteiger partial charge >= 0.3 is 5.97 Å². The quantitative estimate of drug-likeness (QED) is 0.773. The van der Waals surface area contributed by atoms with Crippen molar-refractivity contribution in [1.82, 2.24) is 10.2 Å². The molecule has 0 spiro atoms. The Labute approximate surface area is 116 Å². The van der Waals surface area contributed by atoms with E-state index in [0.29, 0.717) is 18.5 Å². The molecule has 110 valence electrons. The third-order valence-corrected chi connectivity index (χ3v) is 4.95. The summed E-state index contributed by atoms with van der Waals surface area (Å²) in [5, 5.41) is 13.0. The lowest BCUT2D eigenvalue weighted by atomic mass is 9.84. The Kier molecular flexibility index (Phi) is 5.64. The number of hydrogen-bond acceptors (Lipinski definition) is 3. The molecule has 2 rings (SSSR count). The van der Waals surface area contributed by atoms with Crippen molar-refractivity contribution >= 4 is 5.97 Å². The standard InChI is InChI=1S/C15H28N2O2/c1-2-17-9-7-12(8-10-17)14(15(18)19)11-16-13-5-3-4-6-13/h12-14,16H,2-11H2,1H3,(H,18,19). The van der Waals surface area contributed by atoms with Crippen LogP contribution in [0.4, 0.5) is 0 Å². The number of piperidine rings is 1. The molecule has 0 bridgehead atoms. The second-order valence-corrected chi connectivity index (χ2v) is 6.11. The van der Waals surface area contributed by atoms with Crippen molar-refractivity contribution in [3.05, 3.63) is 0 Å². The lowest BCUT2D eigenvalue weighted by Crippen LogP contribution is -2.43. The van der Waals surface area contributed by atoms with Gasteiger partial charge in [0.25, 0.3) is 0 Å². The summed E-state index contributed by atoms with van der Waals surface area (Å²) >= 11 is 0. The molecule has 1 aliphatic carbocycles. The molecule has 1 heterocycles. The average Bonchev–Trinajstić information content (AvgIpc) is 2.92. The number of carboxylic acid groups (broad SMARTS) is 1. The molecule has 4 nitrogen and oxygen atoms in total. The Bertz CT molecular complexity index is 282. The predicted molar refractivity (Wildman–Crippen MR) is 76.2 cm³/mol. The zero-order chi connectivity index (χ0) is 13.7. The van der Waals surface area contributed by atoms with E-state index in [0.717, 1.165) is 32.5 Å². The van der Waals surface area contributed by atoms with Crippen molar-refractivity contribution in [2.75, 3.05) is 26.2 Å². The zero-order valence-electron chi connectivity index (χ0n) is 12.1. The van der Waals surface area contributed by atoms with Crippen LogP contribution in [-0.4, -0.2) is 48.2 Å². The Hall–Kier alpha value is -0.610. The summed E-state index contributed by atoms with van der Waals surface area (Å²) in [6.07, 6.45) is 7.12. The van der Waals surface area contributed by atoms with E-state index in [1.807, 2.05) is 0 Å². The molecule has 0 amide bonds. The Balaban J connectivity index is 1.80. The predicted octanol–water partition coefficient (Wildman–Crippen LogP) is 1.95. The van der Waals surface area contributed by atoms with E-state index in [2.05, 4.69) is 17.1 Å². The maximum absolute atomic E-state index is 11.5. The van der Waals surface area contributed by atoms with Gasteiger partial charge in [-0.1, -0.05) is 19.8 Å². The molecular weight excluding hydrogens is 240 g/mol.